The molecule has 0 aliphatic carbocycles. The van der Waals surface area contributed by atoms with Gasteiger partial charge in [-0.1, -0.05) is 37.6 Å². The molecule has 1 radical (unpaired) electrons. The normalized spacial score (nSPS) is 24.0. The lowest BCUT2D eigenvalue weighted by molar-refractivity contribution is -0.340. The second-order valence-electron chi connectivity index (χ2n) is 3.22. The molecule has 0 unspecified atom stereocenters. The summed E-state index contributed by atoms with van der Waals surface area (Å²) in [4.78, 5) is 9.47. The van der Waals surface area contributed by atoms with Gasteiger partial charge < -0.3 is 0 Å². The Balaban J connectivity index is 2.00. The van der Waals surface area contributed by atoms with Crippen molar-refractivity contribution in [2.45, 2.75) is 44.9 Å². The van der Waals surface area contributed by atoms with Crippen molar-refractivity contribution in [3.05, 3.63) is 0 Å². The van der Waals surface area contributed by atoms with E-state index in [1.807, 2.05) is 0 Å². The van der Waals surface area contributed by atoms with Gasteiger partial charge in [0.05, 0.1) is 6.61 Å². The number of nitrogens with zero attached hydrogens (tertiary/aromatic N) is 1. The third kappa shape index (κ3) is 5.52. The Kier molecular flexibility index (Phi) is 6.25. The summed E-state index contributed by atoms with van der Waals surface area (Å²) in [5.74, 6) is 0. The SMILES string of the molecule is C1CCCC[N]OOCCCC1. The number of hydrogen-bond donors (Lipinski definition) is 0. The van der Waals surface area contributed by atoms with Crippen LogP contribution in [0.25, 0.3) is 0 Å². The summed E-state index contributed by atoms with van der Waals surface area (Å²) >= 11 is 0. The Hall–Kier alpha value is -0.120. The van der Waals surface area contributed by atoms with E-state index in [0.29, 0.717) is 6.61 Å². The Morgan fingerprint density at radius 2 is 1.42 bits per heavy atom. The molecule has 0 aromatic carbocycles. The van der Waals surface area contributed by atoms with Gasteiger partial charge in [-0.2, -0.15) is 0 Å². The van der Waals surface area contributed by atoms with Gasteiger partial charge in [0, 0.05) is 6.54 Å². The predicted molar refractivity (Wildman–Crippen MR) is 46.4 cm³/mol. The van der Waals surface area contributed by atoms with E-state index in [2.05, 4.69) is 10.5 Å². The van der Waals surface area contributed by atoms with Gasteiger partial charge in [0.1, 0.15) is 0 Å². The van der Waals surface area contributed by atoms with E-state index in [1.165, 1.54) is 32.1 Å². The Morgan fingerprint density at radius 3 is 2.25 bits per heavy atom. The molecule has 1 heterocycles. The molecule has 1 aliphatic heterocycles. The molecule has 1 rings (SSSR count). The molecular formula is C9H18NO2. The zero-order chi connectivity index (χ0) is 8.49. The van der Waals surface area contributed by atoms with E-state index in [0.717, 1.165) is 19.4 Å². The van der Waals surface area contributed by atoms with Crippen molar-refractivity contribution in [2.75, 3.05) is 13.2 Å². The molecule has 0 aromatic rings. The van der Waals surface area contributed by atoms with Crippen LogP contribution in [0.3, 0.4) is 0 Å². The van der Waals surface area contributed by atoms with Crippen LogP contribution in [0.2, 0.25) is 0 Å². The van der Waals surface area contributed by atoms with Crippen molar-refractivity contribution in [2.24, 2.45) is 0 Å². The first kappa shape index (κ1) is 9.96. The Bertz CT molecular complexity index is 55.5. The smallest absolute Gasteiger partial charge is 0.0843 e. The standard InChI is InChI=1S/C9H18NO2/c1-2-4-6-8-10-12-11-9-7-5-3-1/h1-9H2. The van der Waals surface area contributed by atoms with Gasteiger partial charge in [-0.15, -0.1) is 4.99 Å². The second kappa shape index (κ2) is 7.53. The topological polar surface area (TPSA) is 32.6 Å². The maximum absolute atomic E-state index is 4.84. The minimum Gasteiger partial charge on any atom is -0.217 e. The molecule has 0 aromatic heterocycles. The van der Waals surface area contributed by atoms with Gasteiger partial charge in [-0.25, -0.2) is 4.89 Å². The number of rotatable bonds is 0. The van der Waals surface area contributed by atoms with Crippen molar-refractivity contribution >= 4 is 0 Å². The average molecular weight is 172 g/mol. The van der Waals surface area contributed by atoms with Crippen LogP contribution in [0.5, 0.6) is 0 Å². The van der Waals surface area contributed by atoms with Crippen LogP contribution in [0, 0.1) is 0 Å². The average Bonchev–Trinajstić information content (AvgIpc) is 2.05. The van der Waals surface area contributed by atoms with E-state index in [-0.39, 0.29) is 0 Å². The molecule has 3 heteroatoms. The predicted octanol–water partition coefficient (Wildman–Crippen LogP) is 2.20. The highest BCUT2D eigenvalue weighted by Crippen LogP contribution is 2.07. The van der Waals surface area contributed by atoms with E-state index >= 15 is 0 Å². The van der Waals surface area contributed by atoms with E-state index in [9.17, 15) is 0 Å². The fourth-order valence-electron chi connectivity index (χ4n) is 1.33. The van der Waals surface area contributed by atoms with Crippen molar-refractivity contribution in [1.82, 2.24) is 5.48 Å². The fourth-order valence-corrected chi connectivity index (χ4v) is 1.33. The van der Waals surface area contributed by atoms with Crippen LogP contribution < -0.4 is 5.48 Å². The van der Waals surface area contributed by atoms with Crippen LogP contribution in [0.1, 0.15) is 44.9 Å². The molecule has 3 nitrogen and oxygen atoms in total. The van der Waals surface area contributed by atoms with Gasteiger partial charge in [-0.05, 0) is 12.8 Å². The summed E-state index contributed by atoms with van der Waals surface area (Å²) in [5.41, 5.74) is 3.78. The summed E-state index contributed by atoms with van der Waals surface area (Å²) in [6, 6.07) is 0. The maximum Gasteiger partial charge on any atom is 0.0843 e. The monoisotopic (exact) mass is 172 g/mol. The minimum atomic E-state index is 0.684. The van der Waals surface area contributed by atoms with Crippen LogP contribution in [-0.2, 0) is 9.88 Å². The lowest BCUT2D eigenvalue weighted by Gasteiger charge is -2.05. The quantitative estimate of drug-likeness (QED) is 0.525. The summed E-state index contributed by atoms with van der Waals surface area (Å²) < 4.78 is 0. The third-order valence-electron chi connectivity index (χ3n) is 2.08. The molecule has 0 saturated carbocycles. The van der Waals surface area contributed by atoms with Crippen LogP contribution in [-0.4, -0.2) is 13.2 Å². The molecule has 12 heavy (non-hydrogen) atoms. The fraction of sp³-hybridized carbons (Fsp3) is 1.00. The van der Waals surface area contributed by atoms with E-state index in [4.69, 9.17) is 4.89 Å². The molecule has 1 saturated heterocycles. The number of hydroxylamine groups is 1. The Morgan fingerprint density at radius 1 is 0.750 bits per heavy atom. The minimum absolute atomic E-state index is 0.684. The molecule has 1 aliphatic rings. The third-order valence-corrected chi connectivity index (χ3v) is 2.08. The first-order valence-corrected chi connectivity index (χ1v) is 4.95. The second-order valence-corrected chi connectivity index (χ2v) is 3.22. The molecule has 71 valence electrons. The largest absolute Gasteiger partial charge is 0.217 e. The van der Waals surface area contributed by atoms with E-state index < -0.39 is 0 Å². The lowest BCUT2D eigenvalue weighted by Crippen LogP contribution is -2.10. The molecule has 0 spiro atoms. The van der Waals surface area contributed by atoms with Crippen LogP contribution in [0.15, 0.2) is 0 Å². The molecule has 0 amide bonds. The zero-order valence-electron chi connectivity index (χ0n) is 7.63. The molecule has 1 fully saturated rings. The molecule has 0 N–H and O–H groups in total. The lowest BCUT2D eigenvalue weighted by atomic mass is 10.1. The van der Waals surface area contributed by atoms with Gasteiger partial charge in [0.15, 0.2) is 0 Å². The van der Waals surface area contributed by atoms with Gasteiger partial charge in [0.25, 0.3) is 0 Å². The summed E-state index contributed by atoms with van der Waals surface area (Å²) in [7, 11) is 0. The highest BCUT2D eigenvalue weighted by molar-refractivity contribution is 4.46. The molecule has 0 bridgehead atoms. The first-order chi connectivity index (χ1) is 6.00. The highest BCUT2D eigenvalue weighted by atomic mass is 17.3. The van der Waals surface area contributed by atoms with Crippen molar-refractivity contribution < 1.29 is 9.88 Å². The summed E-state index contributed by atoms with van der Waals surface area (Å²) in [5, 5.41) is 0. The van der Waals surface area contributed by atoms with Gasteiger partial charge in [-0.3, -0.25) is 0 Å². The van der Waals surface area contributed by atoms with Crippen molar-refractivity contribution in [3.63, 3.8) is 0 Å². The maximum atomic E-state index is 4.84. The first-order valence-electron chi connectivity index (χ1n) is 4.95. The summed E-state index contributed by atoms with van der Waals surface area (Å²) in [6.07, 6.45) is 8.78. The summed E-state index contributed by atoms with van der Waals surface area (Å²) in [6.45, 7) is 1.46. The Labute approximate surface area is 74.3 Å². The van der Waals surface area contributed by atoms with Gasteiger partial charge in [0.2, 0.25) is 0 Å². The van der Waals surface area contributed by atoms with Crippen molar-refractivity contribution in [1.29, 1.82) is 0 Å². The molecule has 0 atom stereocenters. The van der Waals surface area contributed by atoms with E-state index in [1.54, 1.807) is 0 Å². The highest BCUT2D eigenvalue weighted by Gasteiger charge is 1.96. The van der Waals surface area contributed by atoms with Crippen molar-refractivity contribution in [3.8, 4) is 0 Å². The molecular weight excluding hydrogens is 154 g/mol. The zero-order valence-corrected chi connectivity index (χ0v) is 7.63. The van der Waals surface area contributed by atoms with Gasteiger partial charge >= 0.3 is 0 Å². The number of hydrogen-bond acceptors (Lipinski definition) is 2. The van der Waals surface area contributed by atoms with Crippen LogP contribution >= 0.6 is 0 Å². The van der Waals surface area contributed by atoms with Crippen LogP contribution in [0.4, 0.5) is 0 Å².